The number of carbonyl (C=O) groups excluding carboxylic acids is 1. The van der Waals surface area contributed by atoms with Crippen LogP contribution in [0, 0.1) is 0 Å². The van der Waals surface area contributed by atoms with E-state index in [2.05, 4.69) is 13.8 Å². The molecule has 1 unspecified atom stereocenters. The summed E-state index contributed by atoms with van der Waals surface area (Å²) in [5.41, 5.74) is 0.887. The Morgan fingerprint density at radius 2 is 1.95 bits per heavy atom. The highest BCUT2D eigenvalue weighted by atomic mass is 16.3. The minimum absolute atomic E-state index is 0.00473. The van der Waals surface area contributed by atoms with Crippen molar-refractivity contribution < 1.29 is 9.90 Å². The summed E-state index contributed by atoms with van der Waals surface area (Å²) in [6, 6.07) is 9.55. The van der Waals surface area contributed by atoms with Crippen LogP contribution >= 0.6 is 0 Å². The predicted octanol–water partition coefficient (Wildman–Crippen LogP) is 1.10. The van der Waals surface area contributed by atoms with Gasteiger partial charge in [0.15, 0.2) is 0 Å². The third kappa shape index (κ3) is 2.80. The molecule has 1 aliphatic rings. The lowest BCUT2D eigenvalue weighted by Crippen LogP contribution is -2.65. The normalized spacial score (nSPS) is 23.7. The van der Waals surface area contributed by atoms with Crippen LogP contribution in [0.5, 0.6) is 0 Å². The molecule has 2 rings (SSSR count). The van der Waals surface area contributed by atoms with Gasteiger partial charge in [-0.2, -0.15) is 0 Å². The van der Waals surface area contributed by atoms with E-state index in [0.29, 0.717) is 6.54 Å². The molecular weight excluding hydrogens is 240 g/mol. The van der Waals surface area contributed by atoms with Gasteiger partial charge in [0.25, 0.3) is 0 Å². The summed E-state index contributed by atoms with van der Waals surface area (Å²) in [6.45, 7) is 5.36. The highest BCUT2D eigenvalue weighted by Gasteiger charge is 2.42. The maximum absolute atomic E-state index is 12.5. The first-order valence-corrected chi connectivity index (χ1v) is 6.62. The molecule has 1 aromatic rings. The predicted molar refractivity (Wildman–Crippen MR) is 74.6 cm³/mol. The Labute approximate surface area is 114 Å². The van der Waals surface area contributed by atoms with Gasteiger partial charge in [0, 0.05) is 13.1 Å². The fourth-order valence-electron chi connectivity index (χ4n) is 2.75. The number of rotatable bonds is 3. The lowest BCUT2D eigenvalue weighted by atomic mass is 9.94. The first-order valence-electron chi connectivity index (χ1n) is 6.62. The molecule has 0 spiro atoms. The molecule has 0 bridgehead atoms. The molecule has 4 nitrogen and oxygen atoms in total. The Hall–Kier alpha value is -1.39. The van der Waals surface area contributed by atoms with Crippen LogP contribution in [0.4, 0.5) is 0 Å². The Morgan fingerprint density at radius 3 is 2.53 bits per heavy atom. The summed E-state index contributed by atoms with van der Waals surface area (Å²) < 4.78 is 0. The molecule has 1 heterocycles. The molecule has 4 heteroatoms. The van der Waals surface area contributed by atoms with Crippen molar-refractivity contribution in [3.05, 3.63) is 35.9 Å². The average Bonchev–Trinajstić information content (AvgIpc) is 2.35. The number of carbonyl (C=O) groups is 1. The zero-order valence-electron chi connectivity index (χ0n) is 11.8. The van der Waals surface area contributed by atoms with Crippen molar-refractivity contribution in [1.29, 1.82) is 0 Å². The third-order valence-corrected chi connectivity index (χ3v) is 3.81. The van der Waals surface area contributed by atoms with Crippen molar-refractivity contribution in [2.45, 2.75) is 32.0 Å². The molecule has 0 aliphatic carbocycles. The smallest absolute Gasteiger partial charge is 0.243 e. The van der Waals surface area contributed by atoms with E-state index in [1.54, 1.807) is 0 Å². The zero-order chi connectivity index (χ0) is 14.0. The largest absolute Gasteiger partial charge is 0.394 e. The topological polar surface area (TPSA) is 43.8 Å². The lowest BCUT2D eigenvalue weighted by molar-refractivity contribution is -0.153. The van der Waals surface area contributed by atoms with Gasteiger partial charge in [-0.05, 0) is 26.5 Å². The van der Waals surface area contributed by atoms with Gasteiger partial charge in [0.1, 0.15) is 6.04 Å². The van der Waals surface area contributed by atoms with Gasteiger partial charge in [0.2, 0.25) is 5.91 Å². The van der Waals surface area contributed by atoms with E-state index in [-0.39, 0.29) is 18.1 Å². The molecule has 1 aliphatic heterocycles. The Kier molecular flexibility index (Phi) is 3.92. The Balaban J connectivity index is 2.23. The number of hydrogen-bond donors (Lipinski definition) is 1. The number of nitrogens with zero attached hydrogens (tertiary/aromatic N) is 2. The van der Waals surface area contributed by atoms with Gasteiger partial charge in [0.05, 0.1) is 12.1 Å². The molecule has 104 valence electrons. The molecule has 0 radical (unpaired) electrons. The van der Waals surface area contributed by atoms with E-state index in [9.17, 15) is 9.90 Å². The molecule has 19 heavy (non-hydrogen) atoms. The quantitative estimate of drug-likeness (QED) is 0.887. The van der Waals surface area contributed by atoms with Crippen molar-refractivity contribution in [1.82, 2.24) is 9.80 Å². The fraction of sp³-hybridized carbons (Fsp3) is 0.533. The summed E-state index contributed by atoms with van der Waals surface area (Å²) in [5.74, 6) is 0.00473. The van der Waals surface area contributed by atoms with Crippen LogP contribution in [0.3, 0.4) is 0 Å². The van der Waals surface area contributed by atoms with Crippen molar-refractivity contribution in [3.63, 3.8) is 0 Å². The average molecular weight is 262 g/mol. The summed E-state index contributed by atoms with van der Waals surface area (Å²) in [6.07, 6.45) is 0. The second kappa shape index (κ2) is 5.31. The molecule has 0 saturated carbocycles. The van der Waals surface area contributed by atoms with E-state index in [1.807, 2.05) is 47.2 Å². The van der Waals surface area contributed by atoms with Crippen LogP contribution in [-0.4, -0.2) is 52.6 Å². The first kappa shape index (κ1) is 14.0. The van der Waals surface area contributed by atoms with E-state index in [1.165, 1.54) is 0 Å². The summed E-state index contributed by atoms with van der Waals surface area (Å²) in [4.78, 5) is 16.3. The Bertz CT molecular complexity index is 445. The molecular formula is C15H22N2O2. The van der Waals surface area contributed by atoms with Crippen molar-refractivity contribution in [2.75, 3.05) is 20.2 Å². The number of amides is 1. The van der Waals surface area contributed by atoms with Crippen LogP contribution in [-0.2, 0) is 11.3 Å². The maximum atomic E-state index is 12.5. The number of piperazine rings is 1. The standard InChI is InChI=1S/C15H22N2O2/c1-15(2)11-16(3)13(10-18)14(19)17(15)9-12-7-5-4-6-8-12/h4-8,13,18H,9-11H2,1-3H3. The van der Waals surface area contributed by atoms with Crippen molar-refractivity contribution in [2.24, 2.45) is 0 Å². The van der Waals surface area contributed by atoms with Gasteiger partial charge in [-0.3, -0.25) is 9.69 Å². The van der Waals surface area contributed by atoms with Crippen LogP contribution in [0.1, 0.15) is 19.4 Å². The highest BCUT2D eigenvalue weighted by molar-refractivity contribution is 5.83. The number of aliphatic hydroxyl groups excluding tert-OH is 1. The lowest BCUT2D eigenvalue weighted by Gasteiger charge is -2.49. The molecule has 0 aromatic heterocycles. The SMILES string of the molecule is CN1CC(C)(C)N(Cc2ccccc2)C(=O)C1CO. The minimum Gasteiger partial charge on any atom is -0.394 e. The van der Waals surface area contributed by atoms with Gasteiger partial charge >= 0.3 is 0 Å². The fourth-order valence-corrected chi connectivity index (χ4v) is 2.75. The van der Waals surface area contributed by atoms with Crippen LogP contribution in [0.15, 0.2) is 30.3 Å². The van der Waals surface area contributed by atoms with Gasteiger partial charge in [-0.15, -0.1) is 0 Å². The Morgan fingerprint density at radius 1 is 1.32 bits per heavy atom. The van der Waals surface area contributed by atoms with Gasteiger partial charge < -0.3 is 10.0 Å². The summed E-state index contributed by atoms with van der Waals surface area (Å²) >= 11 is 0. The van der Waals surface area contributed by atoms with Crippen molar-refractivity contribution in [3.8, 4) is 0 Å². The van der Waals surface area contributed by atoms with E-state index >= 15 is 0 Å². The van der Waals surface area contributed by atoms with Gasteiger partial charge in [-0.1, -0.05) is 30.3 Å². The molecule has 1 atom stereocenters. The van der Waals surface area contributed by atoms with E-state index < -0.39 is 6.04 Å². The molecule has 1 amide bonds. The van der Waals surface area contributed by atoms with E-state index in [4.69, 9.17) is 0 Å². The molecule has 1 aromatic carbocycles. The minimum atomic E-state index is -0.420. The number of aliphatic hydroxyl groups is 1. The molecule has 1 fully saturated rings. The summed E-state index contributed by atoms with van der Waals surface area (Å²) in [7, 11) is 1.89. The van der Waals surface area contributed by atoms with Crippen molar-refractivity contribution >= 4 is 5.91 Å². The molecule has 1 saturated heterocycles. The number of likely N-dealkylation sites (N-methyl/N-ethyl adjacent to an activating group) is 1. The maximum Gasteiger partial charge on any atom is 0.243 e. The zero-order valence-corrected chi connectivity index (χ0v) is 11.8. The monoisotopic (exact) mass is 262 g/mol. The van der Waals surface area contributed by atoms with Gasteiger partial charge in [-0.25, -0.2) is 0 Å². The highest BCUT2D eigenvalue weighted by Crippen LogP contribution is 2.26. The van der Waals surface area contributed by atoms with Crippen LogP contribution in [0.25, 0.3) is 0 Å². The first-order chi connectivity index (χ1) is 8.95. The van der Waals surface area contributed by atoms with E-state index in [0.717, 1.165) is 12.1 Å². The van der Waals surface area contributed by atoms with Crippen LogP contribution < -0.4 is 0 Å². The number of hydrogen-bond acceptors (Lipinski definition) is 3. The second-order valence-electron chi connectivity index (χ2n) is 5.84. The van der Waals surface area contributed by atoms with Crippen LogP contribution in [0.2, 0.25) is 0 Å². The second-order valence-corrected chi connectivity index (χ2v) is 5.84. The number of benzene rings is 1. The molecule has 1 N–H and O–H groups in total. The summed E-state index contributed by atoms with van der Waals surface area (Å²) in [5, 5.41) is 9.40. The third-order valence-electron chi connectivity index (χ3n) is 3.81.